The number of hydrogen-bond donors (Lipinski definition) is 2. The SMILES string of the molecule is COc1cc(NC(=O)[C@@H](C)n2nc(-c3cc(C)oc3C)cc(N)c2=O)cc(OC)c1. The molecule has 9 nitrogen and oxygen atoms in total. The third-order valence-corrected chi connectivity index (χ3v) is 4.64. The van der Waals surface area contributed by atoms with Crippen molar-refractivity contribution in [2.75, 3.05) is 25.3 Å². The molecule has 0 aliphatic carbocycles. The molecule has 0 bridgehead atoms. The van der Waals surface area contributed by atoms with Crippen LogP contribution in [0.5, 0.6) is 11.5 Å². The minimum atomic E-state index is -0.926. The third-order valence-electron chi connectivity index (χ3n) is 4.64. The lowest BCUT2D eigenvalue weighted by Crippen LogP contribution is -2.34. The number of nitrogens with one attached hydrogen (secondary N) is 1. The Balaban J connectivity index is 1.94. The molecule has 0 aliphatic rings. The Morgan fingerprint density at radius 2 is 1.77 bits per heavy atom. The summed E-state index contributed by atoms with van der Waals surface area (Å²) in [5.74, 6) is 1.94. The van der Waals surface area contributed by atoms with Gasteiger partial charge in [-0.25, -0.2) is 4.68 Å². The van der Waals surface area contributed by atoms with E-state index in [2.05, 4.69) is 10.4 Å². The van der Waals surface area contributed by atoms with E-state index in [1.807, 2.05) is 6.92 Å². The number of aromatic nitrogens is 2. The van der Waals surface area contributed by atoms with Crippen LogP contribution in [-0.2, 0) is 4.79 Å². The standard InChI is InChI=1S/C21H24N4O5/c1-11-6-17(13(3)30-11)19-10-18(22)21(27)25(24-19)12(2)20(26)23-14-7-15(28-4)9-16(8-14)29-5/h6-10,12H,22H2,1-5H3,(H,23,26)/t12-/m1/s1. The fraction of sp³-hybridized carbons (Fsp3) is 0.286. The van der Waals surface area contributed by atoms with Gasteiger partial charge in [0.1, 0.15) is 34.7 Å². The van der Waals surface area contributed by atoms with Gasteiger partial charge in [-0.3, -0.25) is 9.59 Å². The number of aryl methyl sites for hydroxylation is 2. The van der Waals surface area contributed by atoms with Crippen LogP contribution in [-0.4, -0.2) is 29.9 Å². The van der Waals surface area contributed by atoms with Crippen molar-refractivity contribution in [3.8, 4) is 22.8 Å². The fourth-order valence-electron chi connectivity index (χ4n) is 3.05. The molecule has 0 fully saturated rings. The second-order valence-corrected chi connectivity index (χ2v) is 6.83. The number of carbonyl (C=O) groups is 1. The predicted octanol–water partition coefficient (Wildman–Crippen LogP) is 2.92. The monoisotopic (exact) mass is 412 g/mol. The maximum Gasteiger partial charge on any atom is 0.290 e. The number of amides is 1. The number of anilines is 2. The summed E-state index contributed by atoms with van der Waals surface area (Å²) in [4.78, 5) is 25.4. The van der Waals surface area contributed by atoms with Gasteiger partial charge in [-0.1, -0.05) is 0 Å². The number of hydrogen-bond acceptors (Lipinski definition) is 7. The number of furan rings is 1. The van der Waals surface area contributed by atoms with Crippen molar-refractivity contribution in [2.45, 2.75) is 26.8 Å². The number of nitrogens with two attached hydrogens (primary N) is 1. The van der Waals surface area contributed by atoms with Crippen molar-refractivity contribution >= 4 is 17.3 Å². The minimum absolute atomic E-state index is 0.0130. The molecule has 0 spiro atoms. The molecule has 2 aromatic heterocycles. The first-order valence-electron chi connectivity index (χ1n) is 9.24. The number of nitrogens with zero attached hydrogens (tertiary/aromatic N) is 2. The van der Waals surface area contributed by atoms with Crippen molar-refractivity contribution in [3.05, 3.63) is 52.2 Å². The van der Waals surface area contributed by atoms with Gasteiger partial charge in [0, 0.05) is 29.4 Å². The van der Waals surface area contributed by atoms with Crippen LogP contribution in [0.15, 0.2) is 39.5 Å². The Labute approximate surface area is 173 Å². The Kier molecular flexibility index (Phi) is 5.81. The van der Waals surface area contributed by atoms with E-state index in [4.69, 9.17) is 19.6 Å². The van der Waals surface area contributed by atoms with Crippen molar-refractivity contribution < 1.29 is 18.7 Å². The van der Waals surface area contributed by atoms with Crippen LogP contribution in [0.4, 0.5) is 11.4 Å². The summed E-state index contributed by atoms with van der Waals surface area (Å²) < 4.78 is 17.0. The molecule has 2 heterocycles. The normalized spacial score (nSPS) is 11.8. The highest BCUT2D eigenvalue weighted by atomic mass is 16.5. The van der Waals surface area contributed by atoms with Gasteiger partial charge >= 0.3 is 0 Å². The molecule has 0 aliphatic heterocycles. The van der Waals surface area contributed by atoms with E-state index in [1.165, 1.54) is 20.3 Å². The van der Waals surface area contributed by atoms with Gasteiger partial charge in [-0.05, 0) is 32.9 Å². The topological polar surface area (TPSA) is 122 Å². The van der Waals surface area contributed by atoms with Crippen LogP contribution in [0.1, 0.15) is 24.5 Å². The van der Waals surface area contributed by atoms with Gasteiger partial charge in [0.15, 0.2) is 0 Å². The Morgan fingerprint density at radius 1 is 1.13 bits per heavy atom. The zero-order chi connectivity index (χ0) is 22.0. The van der Waals surface area contributed by atoms with E-state index in [-0.39, 0.29) is 5.69 Å². The third kappa shape index (κ3) is 4.14. The van der Waals surface area contributed by atoms with E-state index in [9.17, 15) is 9.59 Å². The molecule has 1 aromatic carbocycles. The summed E-state index contributed by atoms with van der Waals surface area (Å²) in [6.07, 6.45) is 0. The minimum Gasteiger partial charge on any atom is -0.497 e. The highest BCUT2D eigenvalue weighted by Crippen LogP contribution is 2.27. The Morgan fingerprint density at radius 3 is 2.30 bits per heavy atom. The van der Waals surface area contributed by atoms with Crippen LogP contribution in [0.2, 0.25) is 0 Å². The smallest absolute Gasteiger partial charge is 0.290 e. The average molecular weight is 412 g/mol. The molecular weight excluding hydrogens is 388 g/mol. The second kappa shape index (κ2) is 8.32. The highest BCUT2D eigenvalue weighted by Gasteiger charge is 2.21. The lowest BCUT2D eigenvalue weighted by molar-refractivity contribution is -0.119. The van der Waals surface area contributed by atoms with Crippen molar-refractivity contribution in [1.29, 1.82) is 0 Å². The van der Waals surface area contributed by atoms with Gasteiger partial charge < -0.3 is 24.9 Å². The van der Waals surface area contributed by atoms with Crippen LogP contribution < -0.4 is 26.1 Å². The largest absolute Gasteiger partial charge is 0.497 e. The number of nitrogen functional groups attached to an aromatic ring is 1. The maximum absolute atomic E-state index is 12.8. The summed E-state index contributed by atoms with van der Waals surface area (Å²) in [6, 6.07) is 7.33. The van der Waals surface area contributed by atoms with Crippen LogP contribution in [0, 0.1) is 13.8 Å². The van der Waals surface area contributed by atoms with Crippen LogP contribution in [0.3, 0.4) is 0 Å². The summed E-state index contributed by atoms with van der Waals surface area (Å²) in [5, 5.41) is 7.11. The molecule has 0 saturated heterocycles. The average Bonchev–Trinajstić information content (AvgIpc) is 3.06. The number of ether oxygens (including phenoxy) is 2. The second-order valence-electron chi connectivity index (χ2n) is 6.83. The van der Waals surface area contributed by atoms with E-state index in [0.717, 1.165) is 4.68 Å². The van der Waals surface area contributed by atoms with Gasteiger partial charge in [-0.15, -0.1) is 0 Å². The molecule has 0 radical (unpaired) electrons. The number of rotatable bonds is 6. The molecular formula is C21H24N4O5. The van der Waals surface area contributed by atoms with Gasteiger partial charge in [0.25, 0.3) is 5.56 Å². The van der Waals surface area contributed by atoms with E-state index in [1.54, 1.807) is 38.1 Å². The predicted molar refractivity (Wildman–Crippen MR) is 113 cm³/mol. The molecule has 0 unspecified atom stereocenters. The van der Waals surface area contributed by atoms with Crippen LogP contribution >= 0.6 is 0 Å². The zero-order valence-electron chi connectivity index (χ0n) is 17.5. The van der Waals surface area contributed by atoms with E-state index >= 15 is 0 Å². The lowest BCUT2D eigenvalue weighted by atomic mass is 10.1. The lowest BCUT2D eigenvalue weighted by Gasteiger charge is -2.16. The molecule has 158 valence electrons. The first-order chi connectivity index (χ1) is 14.2. The molecule has 0 saturated carbocycles. The van der Waals surface area contributed by atoms with E-state index in [0.29, 0.717) is 40.0 Å². The zero-order valence-corrected chi connectivity index (χ0v) is 17.5. The van der Waals surface area contributed by atoms with Gasteiger partial charge in [0.05, 0.1) is 19.9 Å². The maximum atomic E-state index is 12.8. The van der Waals surface area contributed by atoms with Crippen LogP contribution in [0.25, 0.3) is 11.3 Å². The van der Waals surface area contributed by atoms with Crippen molar-refractivity contribution in [1.82, 2.24) is 9.78 Å². The fourth-order valence-corrected chi connectivity index (χ4v) is 3.05. The molecule has 3 aromatic rings. The quantitative estimate of drug-likeness (QED) is 0.638. The Hall–Kier alpha value is -3.75. The van der Waals surface area contributed by atoms with Gasteiger partial charge in [-0.2, -0.15) is 5.10 Å². The first-order valence-corrected chi connectivity index (χ1v) is 9.24. The summed E-state index contributed by atoms with van der Waals surface area (Å²) in [5.41, 5.74) is 6.96. The molecule has 1 amide bonds. The molecule has 3 N–H and O–H groups in total. The highest BCUT2D eigenvalue weighted by molar-refractivity contribution is 5.93. The summed E-state index contributed by atoms with van der Waals surface area (Å²) in [6.45, 7) is 5.17. The molecule has 9 heteroatoms. The molecule has 30 heavy (non-hydrogen) atoms. The molecule has 1 atom stereocenters. The number of methoxy groups -OCH3 is 2. The summed E-state index contributed by atoms with van der Waals surface area (Å²) in [7, 11) is 3.03. The van der Waals surface area contributed by atoms with E-state index < -0.39 is 17.5 Å². The number of carbonyl (C=O) groups excluding carboxylic acids is 1. The summed E-state index contributed by atoms with van der Waals surface area (Å²) >= 11 is 0. The molecule has 3 rings (SSSR count). The van der Waals surface area contributed by atoms with Gasteiger partial charge in [0.2, 0.25) is 5.91 Å². The first kappa shape index (κ1) is 21.0. The number of benzene rings is 1. The van der Waals surface area contributed by atoms with Crippen molar-refractivity contribution in [3.63, 3.8) is 0 Å². The van der Waals surface area contributed by atoms with Crippen molar-refractivity contribution in [2.24, 2.45) is 0 Å². The Bertz CT molecular complexity index is 1130.